The normalized spacial score (nSPS) is 10.9. The molecule has 0 N–H and O–H groups in total. The summed E-state index contributed by atoms with van der Waals surface area (Å²) in [4.78, 5) is 13.6. The minimum absolute atomic E-state index is 0.592. The maximum Gasteiger partial charge on any atom is 0.0964 e. The van der Waals surface area contributed by atoms with Crippen LogP contribution in [-0.4, -0.2) is 29.3 Å². The van der Waals surface area contributed by atoms with E-state index < -0.39 is 0 Å². The van der Waals surface area contributed by atoms with Crippen molar-refractivity contribution in [2.24, 2.45) is 0 Å². The number of hydrogen-bond donors (Lipinski definition) is 0. The van der Waals surface area contributed by atoms with Crippen LogP contribution in [0.15, 0.2) is 67.9 Å². The van der Waals surface area contributed by atoms with Crippen LogP contribution in [0.4, 0.5) is 0 Å². The summed E-state index contributed by atoms with van der Waals surface area (Å²) in [6.07, 6.45) is 9.36. The Labute approximate surface area is 164 Å². The fourth-order valence-electron chi connectivity index (χ4n) is 3.24. The highest BCUT2D eigenvalue weighted by Gasteiger charge is 2.19. The summed E-state index contributed by atoms with van der Waals surface area (Å²) in [5.41, 5.74) is 6.83. The molecule has 0 aliphatic heterocycles. The van der Waals surface area contributed by atoms with Crippen molar-refractivity contribution in [2.45, 2.75) is 26.9 Å². The standard InChI is InChI=1S/C22H22N6/c1-4-10-28-14-20(17(3)26-28)22-21(18-8-6-5-7-9-18)25-15-27(22)13-19-12-23-16(2)11-24-19/h4-9,11-12,14-15H,1,10,13H2,2-3H3. The quantitative estimate of drug-likeness (QED) is 0.480. The van der Waals surface area contributed by atoms with Crippen molar-refractivity contribution in [1.29, 1.82) is 0 Å². The van der Waals surface area contributed by atoms with Gasteiger partial charge in [-0.1, -0.05) is 36.4 Å². The van der Waals surface area contributed by atoms with Crippen LogP contribution in [0.1, 0.15) is 17.1 Å². The molecule has 0 bridgehead atoms. The highest BCUT2D eigenvalue weighted by molar-refractivity contribution is 5.79. The number of allylic oxidation sites excluding steroid dienone is 1. The lowest BCUT2D eigenvalue weighted by atomic mass is 10.1. The average molecular weight is 370 g/mol. The Balaban J connectivity index is 1.84. The summed E-state index contributed by atoms with van der Waals surface area (Å²) < 4.78 is 4.01. The van der Waals surface area contributed by atoms with Crippen LogP contribution >= 0.6 is 0 Å². The second-order valence-corrected chi connectivity index (χ2v) is 6.72. The topological polar surface area (TPSA) is 61.4 Å². The number of benzene rings is 1. The molecule has 140 valence electrons. The lowest BCUT2D eigenvalue weighted by molar-refractivity contribution is 0.694. The monoisotopic (exact) mass is 370 g/mol. The largest absolute Gasteiger partial charge is 0.324 e. The van der Waals surface area contributed by atoms with Gasteiger partial charge in [-0.15, -0.1) is 6.58 Å². The van der Waals surface area contributed by atoms with E-state index >= 15 is 0 Å². The van der Waals surface area contributed by atoms with E-state index in [0.717, 1.165) is 39.6 Å². The van der Waals surface area contributed by atoms with Gasteiger partial charge in [0.25, 0.3) is 0 Å². The van der Waals surface area contributed by atoms with E-state index in [1.807, 2.05) is 55.3 Å². The lowest BCUT2D eigenvalue weighted by Gasteiger charge is -2.10. The van der Waals surface area contributed by atoms with Gasteiger partial charge in [0, 0.05) is 23.5 Å². The van der Waals surface area contributed by atoms with Gasteiger partial charge in [0.05, 0.1) is 54.1 Å². The molecule has 0 atom stereocenters. The molecule has 3 heterocycles. The van der Waals surface area contributed by atoms with E-state index in [4.69, 9.17) is 4.98 Å². The van der Waals surface area contributed by atoms with Crippen LogP contribution in [0, 0.1) is 13.8 Å². The Kier molecular flexibility index (Phi) is 4.85. The van der Waals surface area contributed by atoms with Crippen LogP contribution in [0.25, 0.3) is 22.5 Å². The first kappa shape index (κ1) is 17.9. The molecule has 0 amide bonds. The fourth-order valence-corrected chi connectivity index (χ4v) is 3.24. The van der Waals surface area contributed by atoms with Crippen molar-refractivity contribution in [3.63, 3.8) is 0 Å². The van der Waals surface area contributed by atoms with E-state index in [1.54, 1.807) is 6.20 Å². The summed E-state index contributed by atoms with van der Waals surface area (Å²) in [6.45, 7) is 9.02. The first-order valence-electron chi connectivity index (χ1n) is 9.19. The van der Waals surface area contributed by atoms with E-state index in [9.17, 15) is 0 Å². The predicted molar refractivity (Wildman–Crippen MR) is 110 cm³/mol. The molecule has 0 spiro atoms. The van der Waals surface area contributed by atoms with E-state index in [0.29, 0.717) is 13.1 Å². The van der Waals surface area contributed by atoms with Crippen molar-refractivity contribution < 1.29 is 0 Å². The molecular formula is C22H22N6. The molecule has 6 heteroatoms. The summed E-state index contributed by atoms with van der Waals surface area (Å²) in [7, 11) is 0. The summed E-state index contributed by atoms with van der Waals surface area (Å²) >= 11 is 0. The minimum atomic E-state index is 0.592. The van der Waals surface area contributed by atoms with Crippen molar-refractivity contribution in [2.75, 3.05) is 0 Å². The zero-order valence-electron chi connectivity index (χ0n) is 16.1. The minimum Gasteiger partial charge on any atom is -0.324 e. The number of hydrogen-bond acceptors (Lipinski definition) is 4. The van der Waals surface area contributed by atoms with Crippen LogP contribution in [0.2, 0.25) is 0 Å². The van der Waals surface area contributed by atoms with E-state index in [-0.39, 0.29) is 0 Å². The van der Waals surface area contributed by atoms with Crippen molar-refractivity contribution >= 4 is 0 Å². The molecular weight excluding hydrogens is 348 g/mol. The Morgan fingerprint density at radius 3 is 2.57 bits per heavy atom. The summed E-state index contributed by atoms with van der Waals surface area (Å²) in [6, 6.07) is 10.2. The third kappa shape index (κ3) is 3.49. The van der Waals surface area contributed by atoms with Crippen LogP contribution in [-0.2, 0) is 13.1 Å². The van der Waals surface area contributed by atoms with E-state index in [1.165, 1.54) is 0 Å². The second kappa shape index (κ2) is 7.60. The van der Waals surface area contributed by atoms with Crippen molar-refractivity contribution in [3.8, 4) is 22.5 Å². The lowest BCUT2D eigenvalue weighted by Crippen LogP contribution is -2.04. The highest BCUT2D eigenvalue weighted by atomic mass is 15.3. The number of rotatable bonds is 6. The Morgan fingerprint density at radius 2 is 1.86 bits per heavy atom. The van der Waals surface area contributed by atoms with Gasteiger partial charge >= 0.3 is 0 Å². The molecule has 0 aliphatic rings. The molecule has 1 aromatic carbocycles. The summed E-state index contributed by atoms with van der Waals surface area (Å²) in [5.74, 6) is 0. The van der Waals surface area contributed by atoms with Gasteiger partial charge < -0.3 is 4.57 Å². The van der Waals surface area contributed by atoms with Crippen LogP contribution in [0.5, 0.6) is 0 Å². The van der Waals surface area contributed by atoms with E-state index in [2.05, 4.69) is 44.5 Å². The second-order valence-electron chi connectivity index (χ2n) is 6.72. The number of aryl methyl sites for hydroxylation is 2. The van der Waals surface area contributed by atoms with Gasteiger partial charge in [0.2, 0.25) is 0 Å². The van der Waals surface area contributed by atoms with Gasteiger partial charge in [0.15, 0.2) is 0 Å². The van der Waals surface area contributed by atoms with Crippen LogP contribution < -0.4 is 0 Å². The third-order valence-corrected chi connectivity index (χ3v) is 4.57. The molecule has 3 aromatic heterocycles. The molecule has 4 rings (SSSR count). The Bertz CT molecular complexity index is 1090. The number of nitrogens with zero attached hydrogens (tertiary/aromatic N) is 6. The maximum absolute atomic E-state index is 4.73. The van der Waals surface area contributed by atoms with Gasteiger partial charge in [0.1, 0.15) is 0 Å². The number of imidazole rings is 1. The molecule has 0 aliphatic carbocycles. The Hall–Kier alpha value is -3.54. The third-order valence-electron chi connectivity index (χ3n) is 4.57. The first-order chi connectivity index (χ1) is 13.7. The Morgan fingerprint density at radius 1 is 1.04 bits per heavy atom. The van der Waals surface area contributed by atoms with Gasteiger partial charge in [-0.25, -0.2) is 4.98 Å². The molecule has 6 nitrogen and oxygen atoms in total. The SMILES string of the molecule is C=CCn1cc(-c2c(-c3ccccc3)ncn2Cc2cnc(C)cn2)c(C)n1. The van der Waals surface area contributed by atoms with Crippen molar-refractivity contribution in [1.82, 2.24) is 29.3 Å². The van der Waals surface area contributed by atoms with Gasteiger partial charge in [-0.2, -0.15) is 5.10 Å². The molecule has 4 aromatic rings. The molecule has 0 saturated heterocycles. The smallest absolute Gasteiger partial charge is 0.0964 e. The zero-order valence-corrected chi connectivity index (χ0v) is 16.1. The maximum atomic E-state index is 4.73. The summed E-state index contributed by atoms with van der Waals surface area (Å²) in [5, 5.41) is 4.63. The molecule has 28 heavy (non-hydrogen) atoms. The molecule has 0 fully saturated rings. The van der Waals surface area contributed by atoms with Crippen LogP contribution in [0.3, 0.4) is 0 Å². The zero-order chi connectivity index (χ0) is 19.5. The molecule has 0 saturated carbocycles. The fraction of sp³-hybridized carbons (Fsp3) is 0.182. The van der Waals surface area contributed by atoms with Gasteiger partial charge in [-0.3, -0.25) is 14.6 Å². The average Bonchev–Trinajstić information content (AvgIpc) is 3.27. The predicted octanol–water partition coefficient (Wildman–Crippen LogP) is 4.05. The number of aromatic nitrogens is 6. The van der Waals surface area contributed by atoms with Gasteiger partial charge in [-0.05, 0) is 13.8 Å². The molecule has 0 unspecified atom stereocenters. The highest BCUT2D eigenvalue weighted by Crippen LogP contribution is 2.33. The first-order valence-corrected chi connectivity index (χ1v) is 9.19. The van der Waals surface area contributed by atoms with Crippen molar-refractivity contribution in [3.05, 3.63) is 85.0 Å². The molecule has 0 radical (unpaired) electrons.